The van der Waals surface area contributed by atoms with Gasteiger partial charge in [-0.1, -0.05) is 35.5 Å². The molecule has 0 unspecified atom stereocenters. The maximum atomic E-state index is 10.7. The minimum atomic E-state index is -0.655. The molecular weight excluding hydrogens is 260 g/mol. The Morgan fingerprint density at radius 1 is 1.25 bits per heavy atom. The lowest BCUT2D eigenvalue weighted by atomic mass is 10.2. The second kappa shape index (κ2) is 6.33. The Kier molecular flexibility index (Phi) is 4.28. The smallest absolute Gasteiger partial charge is 0.311 e. The first kappa shape index (κ1) is 13.5. The van der Waals surface area contributed by atoms with Crippen LogP contribution in [0.3, 0.4) is 0 Å². The number of hydrogen-bond acceptors (Lipinski definition) is 5. The van der Waals surface area contributed by atoms with Crippen LogP contribution in [0.5, 0.6) is 5.75 Å². The van der Waals surface area contributed by atoms with Crippen LogP contribution >= 0.6 is 0 Å². The SMILES string of the molecule is O=[N+]([O-])c1cc(/C=N/OCc2ccccc2)ccc1O. The van der Waals surface area contributed by atoms with Crippen molar-refractivity contribution in [2.45, 2.75) is 6.61 Å². The first-order valence-electron chi connectivity index (χ1n) is 5.83. The van der Waals surface area contributed by atoms with Crippen LogP contribution in [0.25, 0.3) is 0 Å². The van der Waals surface area contributed by atoms with E-state index >= 15 is 0 Å². The van der Waals surface area contributed by atoms with Gasteiger partial charge in [0.2, 0.25) is 0 Å². The number of phenolic OH excluding ortho intramolecular Hbond substituents is 1. The second-order valence-corrected chi connectivity index (χ2v) is 4.00. The highest BCUT2D eigenvalue weighted by atomic mass is 16.6. The van der Waals surface area contributed by atoms with E-state index < -0.39 is 4.92 Å². The highest BCUT2D eigenvalue weighted by Gasteiger charge is 2.12. The first-order valence-corrected chi connectivity index (χ1v) is 5.83. The second-order valence-electron chi connectivity index (χ2n) is 4.00. The lowest BCUT2D eigenvalue weighted by Crippen LogP contribution is -1.92. The van der Waals surface area contributed by atoms with Gasteiger partial charge >= 0.3 is 5.69 Å². The quantitative estimate of drug-likeness (QED) is 0.515. The number of nitro groups is 1. The van der Waals surface area contributed by atoms with Crippen LogP contribution in [-0.2, 0) is 11.4 Å². The molecule has 0 bridgehead atoms. The fraction of sp³-hybridized carbons (Fsp3) is 0.0714. The van der Waals surface area contributed by atoms with Crippen molar-refractivity contribution >= 4 is 11.9 Å². The van der Waals surface area contributed by atoms with Gasteiger partial charge in [-0.15, -0.1) is 0 Å². The molecule has 0 radical (unpaired) electrons. The third kappa shape index (κ3) is 3.55. The predicted molar refractivity (Wildman–Crippen MR) is 73.6 cm³/mol. The zero-order chi connectivity index (χ0) is 14.4. The summed E-state index contributed by atoms with van der Waals surface area (Å²) in [5, 5.41) is 23.7. The van der Waals surface area contributed by atoms with Gasteiger partial charge in [-0.3, -0.25) is 10.1 Å². The number of aromatic hydroxyl groups is 1. The van der Waals surface area contributed by atoms with E-state index in [0.717, 1.165) is 5.56 Å². The van der Waals surface area contributed by atoms with Gasteiger partial charge in [0.05, 0.1) is 11.1 Å². The van der Waals surface area contributed by atoms with Gasteiger partial charge in [0, 0.05) is 11.6 Å². The third-order valence-corrected chi connectivity index (χ3v) is 2.55. The monoisotopic (exact) mass is 272 g/mol. The summed E-state index contributed by atoms with van der Waals surface area (Å²) in [6.07, 6.45) is 1.36. The van der Waals surface area contributed by atoms with Gasteiger partial charge in [0.25, 0.3) is 0 Å². The minimum absolute atomic E-state index is 0.317. The molecule has 6 nitrogen and oxygen atoms in total. The zero-order valence-electron chi connectivity index (χ0n) is 10.5. The van der Waals surface area contributed by atoms with Crippen LogP contribution < -0.4 is 0 Å². The lowest BCUT2D eigenvalue weighted by molar-refractivity contribution is -0.385. The van der Waals surface area contributed by atoms with E-state index in [1.807, 2.05) is 30.3 Å². The Balaban J connectivity index is 1.98. The number of rotatable bonds is 5. The molecule has 0 aliphatic rings. The number of nitrogens with zero attached hydrogens (tertiary/aromatic N) is 2. The van der Waals surface area contributed by atoms with Crippen molar-refractivity contribution in [3.8, 4) is 5.75 Å². The number of phenols is 1. The van der Waals surface area contributed by atoms with Gasteiger partial charge in [-0.2, -0.15) is 0 Å². The molecule has 0 atom stereocenters. The molecule has 6 heteroatoms. The van der Waals surface area contributed by atoms with Crippen molar-refractivity contribution in [1.29, 1.82) is 0 Å². The average Bonchev–Trinajstić information content (AvgIpc) is 2.46. The van der Waals surface area contributed by atoms with Gasteiger partial charge < -0.3 is 9.94 Å². The molecule has 20 heavy (non-hydrogen) atoms. The Morgan fingerprint density at radius 2 is 2.00 bits per heavy atom. The van der Waals surface area contributed by atoms with E-state index in [1.54, 1.807) is 0 Å². The molecular formula is C14H12N2O4. The van der Waals surface area contributed by atoms with E-state index in [1.165, 1.54) is 24.4 Å². The molecule has 1 N–H and O–H groups in total. The molecule has 0 saturated carbocycles. The van der Waals surface area contributed by atoms with Crippen molar-refractivity contribution in [2.24, 2.45) is 5.16 Å². The van der Waals surface area contributed by atoms with Crippen molar-refractivity contribution in [1.82, 2.24) is 0 Å². The van der Waals surface area contributed by atoms with Crippen molar-refractivity contribution in [2.75, 3.05) is 0 Å². The normalized spacial score (nSPS) is 10.6. The molecule has 0 heterocycles. The molecule has 0 aromatic heterocycles. The number of hydrogen-bond donors (Lipinski definition) is 1. The summed E-state index contributed by atoms with van der Waals surface area (Å²) in [4.78, 5) is 15.1. The molecule has 0 aliphatic carbocycles. The van der Waals surface area contributed by atoms with Crippen LogP contribution in [0.4, 0.5) is 5.69 Å². The van der Waals surface area contributed by atoms with Crippen LogP contribution in [0.15, 0.2) is 53.7 Å². The van der Waals surface area contributed by atoms with Crippen molar-refractivity contribution in [3.05, 3.63) is 69.8 Å². The third-order valence-electron chi connectivity index (χ3n) is 2.55. The summed E-state index contributed by atoms with van der Waals surface area (Å²) in [7, 11) is 0. The largest absolute Gasteiger partial charge is 0.502 e. The van der Waals surface area contributed by atoms with Gasteiger partial charge in [0.1, 0.15) is 6.61 Å². The number of oxime groups is 1. The van der Waals surface area contributed by atoms with Gasteiger partial charge in [-0.05, 0) is 17.7 Å². The fourth-order valence-electron chi connectivity index (χ4n) is 1.55. The number of benzene rings is 2. The van der Waals surface area contributed by atoms with Gasteiger partial charge in [0.15, 0.2) is 5.75 Å². The highest BCUT2D eigenvalue weighted by molar-refractivity contribution is 5.81. The zero-order valence-corrected chi connectivity index (χ0v) is 10.5. The molecule has 0 saturated heterocycles. The van der Waals surface area contributed by atoms with E-state index in [0.29, 0.717) is 12.2 Å². The van der Waals surface area contributed by atoms with Gasteiger partial charge in [-0.25, -0.2) is 0 Å². The topological polar surface area (TPSA) is 85.0 Å². The summed E-state index contributed by atoms with van der Waals surface area (Å²) in [6.45, 7) is 0.317. The van der Waals surface area contributed by atoms with Crippen LogP contribution in [-0.4, -0.2) is 16.2 Å². The van der Waals surface area contributed by atoms with Crippen LogP contribution in [0.1, 0.15) is 11.1 Å². The van der Waals surface area contributed by atoms with E-state index in [-0.39, 0.29) is 11.4 Å². The van der Waals surface area contributed by atoms with Crippen molar-refractivity contribution < 1.29 is 14.9 Å². The standard InChI is InChI=1S/C14H12N2O4/c17-14-7-6-12(8-13(14)16(18)19)9-15-20-10-11-4-2-1-3-5-11/h1-9,17H,10H2/b15-9+. The Labute approximate surface area is 115 Å². The number of nitro benzene ring substituents is 1. The molecule has 0 aliphatic heterocycles. The molecule has 0 fully saturated rings. The van der Waals surface area contributed by atoms with E-state index in [2.05, 4.69) is 5.16 Å². The summed E-state index contributed by atoms with van der Waals surface area (Å²) in [5.41, 5.74) is 1.08. The Hall–Kier alpha value is -2.89. The summed E-state index contributed by atoms with van der Waals surface area (Å²) < 4.78 is 0. The van der Waals surface area contributed by atoms with E-state index in [9.17, 15) is 15.2 Å². The Morgan fingerprint density at radius 3 is 2.70 bits per heavy atom. The van der Waals surface area contributed by atoms with E-state index in [4.69, 9.17) is 4.84 Å². The molecule has 2 aromatic rings. The average molecular weight is 272 g/mol. The molecule has 102 valence electrons. The summed E-state index contributed by atoms with van der Waals surface area (Å²) in [5.74, 6) is -0.377. The predicted octanol–water partition coefficient (Wildman–Crippen LogP) is 2.85. The first-order chi connectivity index (χ1) is 9.66. The maximum Gasteiger partial charge on any atom is 0.311 e. The maximum absolute atomic E-state index is 10.7. The van der Waals surface area contributed by atoms with Crippen molar-refractivity contribution in [3.63, 3.8) is 0 Å². The van der Waals surface area contributed by atoms with Crippen LogP contribution in [0.2, 0.25) is 0 Å². The van der Waals surface area contributed by atoms with Crippen LogP contribution in [0, 0.1) is 10.1 Å². The highest BCUT2D eigenvalue weighted by Crippen LogP contribution is 2.25. The molecule has 0 spiro atoms. The molecule has 0 amide bonds. The summed E-state index contributed by atoms with van der Waals surface area (Å²) in [6, 6.07) is 13.5. The Bertz CT molecular complexity index is 626. The fourth-order valence-corrected chi connectivity index (χ4v) is 1.55. The molecule has 2 rings (SSSR count). The molecule has 2 aromatic carbocycles. The lowest BCUT2D eigenvalue weighted by Gasteiger charge is -1.99. The minimum Gasteiger partial charge on any atom is -0.502 e. The summed E-state index contributed by atoms with van der Waals surface area (Å²) >= 11 is 0.